The number of fused-ring (bicyclic) bond motifs is 1. The van der Waals surface area contributed by atoms with E-state index in [1.54, 1.807) is 0 Å². The van der Waals surface area contributed by atoms with Crippen LogP contribution >= 0.6 is 0 Å². The van der Waals surface area contributed by atoms with Crippen LogP contribution in [0.2, 0.25) is 0 Å². The van der Waals surface area contributed by atoms with E-state index in [0.717, 1.165) is 5.52 Å². The van der Waals surface area contributed by atoms with Crippen molar-refractivity contribution >= 4 is 11.0 Å². The minimum atomic E-state index is 0.524. The number of rotatable bonds is 1. The highest BCUT2D eigenvalue weighted by molar-refractivity contribution is 5.75. The molecule has 2 aromatic rings. The quantitative estimate of drug-likeness (QED) is 0.690. The second kappa shape index (κ2) is 2.84. The Hall–Kier alpha value is -1.31. The van der Waals surface area contributed by atoms with E-state index in [1.165, 1.54) is 18.4 Å². The molecule has 1 aliphatic carbocycles. The summed E-state index contributed by atoms with van der Waals surface area (Å²) in [5, 5.41) is 0. The molecule has 15 heavy (non-hydrogen) atoms. The summed E-state index contributed by atoms with van der Waals surface area (Å²) in [5.74, 6) is 0. The molecule has 0 atom stereocenters. The molecule has 2 heteroatoms. The van der Waals surface area contributed by atoms with Crippen LogP contribution in [-0.2, 0) is 0 Å². The Balaban J connectivity index is 1.99. The highest BCUT2D eigenvalue weighted by atomic mass is 15.1. The molecular formula is C13H16N2. The molecule has 1 heterocycles. The van der Waals surface area contributed by atoms with Gasteiger partial charge in [0.2, 0.25) is 0 Å². The van der Waals surface area contributed by atoms with E-state index in [2.05, 4.69) is 41.6 Å². The van der Waals surface area contributed by atoms with Gasteiger partial charge >= 0.3 is 0 Å². The van der Waals surface area contributed by atoms with Gasteiger partial charge in [0.25, 0.3) is 0 Å². The van der Waals surface area contributed by atoms with Gasteiger partial charge in [-0.15, -0.1) is 0 Å². The molecule has 1 aliphatic rings. The van der Waals surface area contributed by atoms with Gasteiger partial charge in [0.1, 0.15) is 0 Å². The maximum absolute atomic E-state index is 4.43. The maximum Gasteiger partial charge on any atom is 0.0960 e. The fourth-order valence-electron chi connectivity index (χ4n) is 2.68. The number of benzene rings is 1. The van der Waals surface area contributed by atoms with E-state index in [0.29, 0.717) is 11.5 Å². The summed E-state index contributed by atoms with van der Waals surface area (Å²) < 4.78 is 2.33. The first-order chi connectivity index (χ1) is 7.16. The average Bonchev–Trinajstić information content (AvgIpc) is 2.57. The zero-order valence-electron chi connectivity index (χ0n) is 9.27. The fraction of sp³-hybridized carbons (Fsp3) is 0.462. The highest BCUT2D eigenvalue weighted by Gasteiger charge is 2.37. The summed E-state index contributed by atoms with van der Waals surface area (Å²) in [6.45, 7) is 4.67. The van der Waals surface area contributed by atoms with Crippen LogP contribution in [0.25, 0.3) is 11.0 Å². The summed E-state index contributed by atoms with van der Waals surface area (Å²) in [6.07, 6.45) is 4.53. The van der Waals surface area contributed by atoms with Gasteiger partial charge in [-0.1, -0.05) is 26.0 Å². The van der Waals surface area contributed by atoms with Gasteiger partial charge in [0.15, 0.2) is 0 Å². The highest BCUT2D eigenvalue weighted by Crippen LogP contribution is 2.48. The van der Waals surface area contributed by atoms with Gasteiger partial charge in [0.05, 0.1) is 17.4 Å². The Bertz CT molecular complexity index is 488. The molecule has 0 N–H and O–H groups in total. The number of nitrogens with zero attached hydrogens (tertiary/aromatic N) is 2. The van der Waals surface area contributed by atoms with Crippen molar-refractivity contribution in [1.82, 2.24) is 9.55 Å². The molecule has 0 aliphatic heterocycles. The lowest BCUT2D eigenvalue weighted by atomic mass is 9.68. The number of para-hydroxylation sites is 2. The molecule has 0 spiro atoms. The van der Waals surface area contributed by atoms with Gasteiger partial charge in [0, 0.05) is 6.04 Å². The molecule has 0 saturated heterocycles. The predicted molar refractivity (Wildman–Crippen MR) is 61.8 cm³/mol. The van der Waals surface area contributed by atoms with Gasteiger partial charge < -0.3 is 4.57 Å². The molecule has 1 aromatic heterocycles. The Morgan fingerprint density at radius 3 is 2.73 bits per heavy atom. The Morgan fingerprint density at radius 1 is 1.27 bits per heavy atom. The van der Waals surface area contributed by atoms with Crippen LogP contribution in [0.4, 0.5) is 0 Å². The molecule has 1 saturated carbocycles. The normalized spacial score (nSPS) is 20.4. The van der Waals surface area contributed by atoms with Crippen LogP contribution in [0.3, 0.4) is 0 Å². The molecule has 78 valence electrons. The number of hydrogen-bond donors (Lipinski definition) is 0. The third kappa shape index (κ3) is 1.36. The number of imidazole rings is 1. The van der Waals surface area contributed by atoms with E-state index in [4.69, 9.17) is 0 Å². The molecule has 0 bridgehead atoms. The van der Waals surface area contributed by atoms with Crippen LogP contribution in [0, 0.1) is 5.41 Å². The molecule has 3 rings (SSSR count). The lowest BCUT2D eigenvalue weighted by Crippen LogP contribution is -2.33. The van der Waals surface area contributed by atoms with Crippen molar-refractivity contribution in [2.24, 2.45) is 5.41 Å². The molecule has 0 radical (unpaired) electrons. The summed E-state index contributed by atoms with van der Waals surface area (Å²) in [6, 6.07) is 9.03. The summed E-state index contributed by atoms with van der Waals surface area (Å²) in [4.78, 5) is 4.43. The van der Waals surface area contributed by atoms with E-state index >= 15 is 0 Å². The number of aromatic nitrogens is 2. The SMILES string of the molecule is CC1(C)CC(n2cnc3ccccc32)C1. The van der Waals surface area contributed by atoms with Gasteiger partial charge in [-0.05, 0) is 30.4 Å². The van der Waals surface area contributed by atoms with E-state index in [1.807, 2.05) is 12.4 Å². The average molecular weight is 200 g/mol. The second-order valence-electron chi connectivity index (χ2n) is 5.37. The van der Waals surface area contributed by atoms with Crippen molar-refractivity contribution in [2.75, 3.05) is 0 Å². The third-order valence-corrected chi connectivity index (χ3v) is 3.45. The standard InChI is InChI=1S/C13H16N2/c1-13(2)7-10(8-13)15-9-14-11-5-3-4-6-12(11)15/h3-6,9-10H,7-8H2,1-2H3. The first-order valence-corrected chi connectivity index (χ1v) is 5.57. The Morgan fingerprint density at radius 2 is 2.00 bits per heavy atom. The molecule has 1 aromatic carbocycles. The van der Waals surface area contributed by atoms with Crippen molar-refractivity contribution < 1.29 is 0 Å². The van der Waals surface area contributed by atoms with E-state index < -0.39 is 0 Å². The van der Waals surface area contributed by atoms with Crippen molar-refractivity contribution in [3.8, 4) is 0 Å². The Labute approximate surface area is 89.9 Å². The van der Waals surface area contributed by atoms with E-state index in [-0.39, 0.29) is 0 Å². The molecule has 0 amide bonds. The summed E-state index contributed by atoms with van der Waals surface area (Å²) in [5.41, 5.74) is 2.91. The number of hydrogen-bond acceptors (Lipinski definition) is 1. The van der Waals surface area contributed by atoms with Crippen LogP contribution in [0.1, 0.15) is 32.7 Å². The zero-order valence-corrected chi connectivity index (χ0v) is 9.27. The van der Waals surface area contributed by atoms with Crippen molar-refractivity contribution in [2.45, 2.75) is 32.7 Å². The van der Waals surface area contributed by atoms with Crippen molar-refractivity contribution in [3.63, 3.8) is 0 Å². The topological polar surface area (TPSA) is 17.8 Å². The van der Waals surface area contributed by atoms with Crippen LogP contribution in [-0.4, -0.2) is 9.55 Å². The summed E-state index contributed by atoms with van der Waals surface area (Å²) in [7, 11) is 0. The summed E-state index contributed by atoms with van der Waals surface area (Å²) >= 11 is 0. The van der Waals surface area contributed by atoms with Crippen molar-refractivity contribution in [1.29, 1.82) is 0 Å². The van der Waals surface area contributed by atoms with Crippen LogP contribution in [0.5, 0.6) is 0 Å². The lowest BCUT2D eigenvalue weighted by Gasteiger charge is -2.43. The fourth-order valence-corrected chi connectivity index (χ4v) is 2.68. The monoisotopic (exact) mass is 200 g/mol. The van der Waals surface area contributed by atoms with E-state index in [9.17, 15) is 0 Å². The van der Waals surface area contributed by atoms with Crippen molar-refractivity contribution in [3.05, 3.63) is 30.6 Å². The van der Waals surface area contributed by atoms with Crippen LogP contribution in [0.15, 0.2) is 30.6 Å². The van der Waals surface area contributed by atoms with Gasteiger partial charge in [-0.3, -0.25) is 0 Å². The largest absolute Gasteiger partial charge is 0.327 e. The Kier molecular flexibility index (Phi) is 1.70. The predicted octanol–water partition coefficient (Wildman–Crippen LogP) is 3.40. The minimum absolute atomic E-state index is 0.524. The van der Waals surface area contributed by atoms with Gasteiger partial charge in [-0.25, -0.2) is 4.98 Å². The molecular weight excluding hydrogens is 184 g/mol. The first-order valence-electron chi connectivity index (χ1n) is 5.57. The minimum Gasteiger partial charge on any atom is -0.327 e. The second-order valence-corrected chi connectivity index (χ2v) is 5.37. The molecule has 1 fully saturated rings. The van der Waals surface area contributed by atoms with Crippen LogP contribution < -0.4 is 0 Å². The first kappa shape index (κ1) is 8.96. The smallest absolute Gasteiger partial charge is 0.0960 e. The molecule has 2 nitrogen and oxygen atoms in total. The maximum atomic E-state index is 4.43. The third-order valence-electron chi connectivity index (χ3n) is 3.45. The lowest BCUT2D eigenvalue weighted by molar-refractivity contribution is 0.107. The van der Waals surface area contributed by atoms with Gasteiger partial charge in [-0.2, -0.15) is 0 Å². The molecule has 0 unspecified atom stereocenters. The zero-order chi connectivity index (χ0) is 10.5.